The summed E-state index contributed by atoms with van der Waals surface area (Å²) >= 11 is 0. The number of aryl methyl sites for hydroxylation is 1. The van der Waals surface area contributed by atoms with E-state index in [0.717, 1.165) is 28.1 Å². The van der Waals surface area contributed by atoms with Crippen molar-refractivity contribution in [2.45, 2.75) is 39.2 Å². The first-order valence-electron chi connectivity index (χ1n) is 8.45. The summed E-state index contributed by atoms with van der Waals surface area (Å²) in [7, 11) is 0. The molecule has 0 spiro atoms. The molecule has 1 aromatic carbocycles. The highest BCUT2D eigenvalue weighted by molar-refractivity contribution is 5.79. The summed E-state index contributed by atoms with van der Waals surface area (Å²) in [5.74, 6) is 0.246. The van der Waals surface area contributed by atoms with E-state index in [1.54, 1.807) is 16.9 Å². The Kier molecular flexibility index (Phi) is 4.72. The minimum Gasteiger partial charge on any atom is -0.508 e. The van der Waals surface area contributed by atoms with E-state index < -0.39 is 0 Å². The Balaban J connectivity index is 2.10. The van der Waals surface area contributed by atoms with Gasteiger partial charge in [0.15, 0.2) is 0 Å². The summed E-state index contributed by atoms with van der Waals surface area (Å²) in [5.41, 5.74) is 3.85. The maximum absolute atomic E-state index is 10.5. The van der Waals surface area contributed by atoms with Crippen LogP contribution in [0.5, 0.6) is 5.75 Å². The van der Waals surface area contributed by atoms with Gasteiger partial charge in [-0.2, -0.15) is 10.4 Å². The molecule has 6 nitrogen and oxygen atoms in total. The van der Waals surface area contributed by atoms with E-state index >= 15 is 0 Å². The predicted molar refractivity (Wildman–Crippen MR) is 99.3 cm³/mol. The summed E-state index contributed by atoms with van der Waals surface area (Å²) in [6.07, 6.45) is 5.42. The molecule has 132 valence electrons. The Morgan fingerprint density at radius 3 is 2.65 bits per heavy atom. The molecular weight excluding hydrogens is 326 g/mol. The molecule has 0 unspecified atom stereocenters. The average molecular weight is 347 g/mol. The number of nitriles is 1. The highest BCUT2D eigenvalue weighted by atomic mass is 16.3. The van der Waals surface area contributed by atoms with Crippen LogP contribution in [0.3, 0.4) is 0 Å². The van der Waals surface area contributed by atoms with Crippen molar-refractivity contribution >= 4 is 0 Å². The van der Waals surface area contributed by atoms with Gasteiger partial charge in [-0.15, -0.1) is 0 Å². The van der Waals surface area contributed by atoms with Crippen LogP contribution in [-0.2, 0) is 12.0 Å². The van der Waals surface area contributed by atoms with Crippen LogP contribution in [0.2, 0.25) is 0 Å². The molecule has 0 radical (unpaired) electrons. The van der Waals surface area contributed by atoms with Gasteiger partial charge in [-0.3, -0.25) is 4.68 Å². The maximum atomic E-state index is 10.5. The quantitative estimate of drug-likeness (QED) is 0.773. The van der Waals surface area contributed by atoms with Gasteiger partial charge in [0.2, 0.25) is 0 Å². The lowest BCUT2D eigenvalue weighted by atomic mass is 9.85. The van der Waals surface area contributed by atoms with Crippen molar-refractivity contribution in [1.29, 1.82) is 5.26 Å². The monoisotopic (exact) mass is 347 g/mol. The molecule has 0 amide bonds. The molecular formula is C20H21N5O. The van der Waals surface area contributed by atoms with Crippen LogP contribution in [0.1, 0.15) is 32.8 Å². The van der Waals surface area contributed by atoms with Crippen LogP contribution >= 0.6 is 0 Å². The summed E-state index contributed by atoms with van der Waals surface area (Å²) < 4.78 is 1.74. The van der Waals surface area contributed by atoms with Crippen LogP contribution in [0.15, 0.2) is 43.0 Å². The molecule has 0 fully saturated rings. The second-order valence-electron chi connectivity index (χ2n) is 7.14. The molecule has 3 aromatic rings. The van der Waals surface area contributed by atoms with E-state index in [0.29, 0.717) is 13.0 Å². The molecule has 0 atom stereocenters. The van der Waals surface area contributed by atoms with Gasteiger partial charge in [-0.1, -0.05) is 32.9 Å². The number of aromatic hydroxyl groups is 1. The fourth-order valence-corrected chi connectivity index (χ4v) is 2.86. The fourth-order valence-electron chi connectivity index (χ4n) is 2.86. The maximum Gasteiger partial charge on any atom is 0.119 e. The number of hydrogen-bond acceptors (Lipinski definition) is 5. The van der Waals surface area contributed by atoms with Crippen molar-refractivity contribution in [1.82, 2.24) is 19.7 Å². The van der Waals surface area contributed by atoms with Gasteiger partial charge in [0.25, 0.3) is 0 Å². The lowest BCUT2D eigenvalue weighted by molar-refractivity contribution is 0.447. The van der Waals surface area contributed by atoms with Crippen LogP contribution in [0, 0.1) is 11.3 Å². The van der Waals surface area contributed by atoms with Crippen LogP contribution in [0.4, 0.5) is 0 Å². The van der Waals surface area contributed by atoms with Gasteiger partial charge in [0, 0.05) is 23.5 Å². The van der Waals surface area contributed by atoms with E-state index in [-0.39, 0.29) is 11.2 Å². The zero-order valence-corrected chi connectivity index (χ0v) is 15.1. The van der Waals surface area contributed by atoms with E-state index in [4.69, 9.17) is 5.26 Å². The number of nitrogens with zero attached hydrogens (tertiary/aromatic N) is 5. The smallest absolute Gasteiger partial charge is 0.119 e. The minimum atomic E-state index is -0.149. The zero-order chi connectivity index (χ0) is 18.7. The molecule has 26 heavy (non-hydrogen) atoms. The molecule has 3 rings (SSSR count). The van der Waals surface area contributed by atoms with Crippen molar-refractivity contribution in [3.8, 4) is 34.3 Å². The van der Waals surface area contributed by atoms with Crippen LogP contribution < -0.4 is 0 Å². The Hall–Kier alpha value is -3.20. The molecule has 0 aliphatic carbocycles. The molecule has 6 heteroatoms. The summed E-state index contributed by atoms with van der Waals surface area (Å²) in [5, 5.41) is 24.0. The molecule has 0 saturated carbocycles. The van der Waals surface area contributed by atoms with Crippen molar-refractivity contribution in [3.63, 3.8) is 0 Å². The third-order valence-corrected chi connectivity index (χ3v) is 4.15. The fraction of sp³-hybridized carbons (Fsp3) is 0.300. The molecule has 0 saturated heterocycles. The topological polar surface area (TPSA) is 87.6 Å². The SMILES string of the molecule is CC(C)(C)c1ccc(-c2nn(CCC#N)cc2-c2ccncn2)cc1O. The van der Waals surface area contributed by atoms with Crippen LogP contribution in [0.25, 0.3) is 22.5 Å². The first-order chi connectivity index (χ1) is 12.4. The molecule has 0 aliphatic heterocycles. The second-order valence-corrected chi connectivity index (χ2v) is 7.14. The predicted octanol–water partition coefficient (Wildman–Crippen LogP) is 3.92. The molecule has 1 N–H and O–H groups in total. The summed E-state index contributed by atoms with van der Waals surface area (Å²) in [6, 6.07) is 9.58. The minimum absolute atomic E-state index is 0.149. The van der Waals surface area contributed by atoms with Gasteiger partial charge in [-0.25, -0.2) is 9.97 Å². The van der Waals surface area contributed by atoms with Gasteiger partial charge in [0.05, 0.1) is 24.7 Å². The number of phenolic OH excluding ortho intramolecular Hbond substituents is 1. The molecule has 2 heterocycles. The number of aromatic nitrogens is 4. The largest absolute Gasteiger partial charge is 0.508 e. The molecule has 0 bridgehead atoms. The van der Waals surface area contributed by atoms with Crippen molar-refractivity contribution in [3.05, 3.63) is 48.5 Å². The average Bonchev–Trinajstić information content (AvgIpc) is 3.04. The zero-order valence-electron chi connectivity index (χ0n) is 15.1. The van der Waals surface area contributed by atoms with Crippen molar-refractivity contribution in [2.75, 3.05) is 0 Å². The van der Waals surface area contributed by atoms with Crippen molar-refractivity contribution in [2.24, 2.45) is 0 Å². The Morgan fingerprint density at radius 1 is 1.23 bits per heavy atom. The Bertz CT molecular complexity index is 949. The second kappa shape index (κ2) is 6.96. The number of hydrogen-bond donors (Lipinski definition) is 1. The normalized spacial score (nSPS) is 11.3. The summed E-state index contributed by atoms with van der Waals surface area (Å²) in [4.78, 5) is 8.28. The third-order valence-electron chi connectivity index (χ3n) is 4.15. The van der Waals surface area contributed by atoms with Crippen molar-refractivity contribution < 1.29 is 5.11 Å². The van der Waals surface area contributed by atoms with Gasteiger partial charge >= 0.3 is 0 Å². The van der Waals surface area contributed by atoms with Crippen LogP contribution in [-0.4, -0.2) is 24.9 Å². The highest BCUT2D eigenvalue weighted by Gasteiger charge is 2.20. The number of benzene rings is 1. The third kappa shape index (κ3) is 3.57. The number of phenols is 1. The van der Waals surface area contributed by atoms with E-state index in [9.17, 15) is 5.11 Å². The summed E-state index contributed by atoms with van der Waals surface area (Å²) in [6.45, 7) is 6.68. The van der Waals surface area contributed by atoms with E-state index in [1.165, 1.54) is 6.33 Å². The molecule has 2 aromatic heterocycles. The molecule has 0 aliphatic rings. The first kappa shape index (κ1) is 17.6. The van der Waals surface area contributed by atoms with Gasteiger partial charge in [0.1, 0.15) is 17.8 Å². The lowest BCUT2D eigenvalue weighted by Crippen LogP contribution is -2.11. The van der Waals surface area contributed by atoms with E-state index in [1.807, 2.05) is 24.4 Å². The van der Waals surface area contributed by atoms with Gasteiger partial charge < -0.3 is 5.11 Å². The standard InChI is InChI=1S/C20H21N5O/c1-20(2,3)16-6-5-14(11-18(16)26)19-15(17-7-9-22-13-23-17)12-25(24-19)10-4-8-21/h5-7,9,11-13,26H,4,10H2,1-3H3. The highest BCUT2D eigenvalue weighted by Crippen LogP contribution is 2.36. The number of rotatable bonds is 4. The Labute approximate surface area is 152 Å². The lowest BCUT2D eigenvalue weighted by Gasteiger charge is -2.20. The van der Waals surface area contributed by atoms with E-state index in [2.05, 4.69) is 41.9 Å². The van der Waals surface area contributed by atoms with Gasteiger partial charge in [-0.05, 0) is 23.1 Å². The first-order valence-corrected chi connectivity index (χ1v) is 8.45. The Morgan fingerprint density at radius 2 is 2.04 bits per heavy atom.